The standard InChI is InChI=1S/C7H13N3OS/c1-2-8-7(12)10-9-6(11)5-3-4-5/h5H,2-4H2,1H3,(H,9,11)(H2,8,10,12). The summed E-state index contributed by atoms with van der Waals surface area (Å²) in [5.41, 5.74) is 5.16. The molecule has 3 N–H and O–H groups in total. The fourth-order valence-corrected chi connectivity index (χ4v) is 0.966. The molecule has 1 amide bonds. The number of nitrogens with one attached hydrogen (secondary N) is 3. The Morgan fingerprint density at radius 2 is 2.17 bits per heavy atom. The summed E-state index contributed by atoms with van der Waals surface area (Å²) in [4.78, 5) is 11.1. The molecule has 1 saturated carbocycles. The Hall–Kier alpha value is -0.840. The van der Waals surface area contributed by atoms with Gasteiger partial charge in [0.15, 0.2) is 5.11 Å². The van der Waals surface area contributed by atoms with E-state index in [1.165, 1.54) is 0 Å². The van der Waals surface area contributed by atoms with Crippen LogP contribution in [0.4, 0.5) is 0 Å². The molecule has 0 bridgehead atoms. The lowest BCUT2D eigenvalue weighted by Gasteiger charge is -2.08. The number of hydrogen-bond donors (Lipinski definition) is 3. The Morgan fingerprint density at radius 1 is 1.50 bits per heavy atom. The summed E-state index contributed by atoms with van der Waals surface area (Å²) in [6.07, 6.45) is 2.00. The highest BCUT2D eigenvalue weighted by atomic mass is 32.1. The van der Waals surface area contributed by atoms with Crippen LogP contribution in [0.15, 0.2) is 0 Å². The maximum Gasteiger partial charge on any atom is 0.241 e. The molecule has 4 nitrogen and oxygen atoms in total. The molecular weight excluding hydrogens is 174 g/mol. The Bertz CT molecular complexity index is 191. The monoisotopic (exact) mass is 187 g/mol. The van der Waals surface area contributed by atoms with Gasteiger partial charge in [0.2, 0.25) is 5.91 Å². The average molecular weight is 187 g/mol. The second-order valence-corrected chi connectivity index (χ2v) is 3.16. The van der Waals surface area contributed by atoms with E-state index < -0.39 is 0 Å². The van der Waals surface area contributed by atoms with E-state index in [2.05, 4.69) is 16.2 Å². The third-order valence-corrected chi connectivity index (χ3v) is 1.83. The molecule has 0 heterocycles. The molecule has 0 aliphatic heterocycles. The minimum Gasteiger partial charge on any atom is -0.362 e. The number of hydrogen-bond acceptors (Lipinski definition) is 2. The van der Waals surface area contributed by atoms with Gasteiger partial charge in [-0.15, -0.1) is 0 Å². The largest absolute Gasteiger partial charge is 0.362 e. The van der Waals surface area contributed by atoms with Crippen LogP contribution >= 0.6 is 12.2 Å². The van der Waals surface area contributed by atoms with Crippen LogP contribution in [0.3, 0.4) is 0 Å². The quantitative estimate of drug-likeness (QED) is 0.418. The summed E-state index contributed by atoms with van der Waals surface area (Å²) in [5.74, 6) is 0.247. The first-order valence-electron chi connectivity index (χ1n) is 4.07. The van der Waals surface area contributed by atoms with E-state index in [0.717, 1.165) is 19.4 Å². The highest BCUT2D eigenvalue weighted by Crippen LogP contribution is 2.28. The van der Waals surface area contributed by atoms with Crippen molar-refractivity contribution >= 4 is 23.2 Å². The maximum atomic E-state index is 11.1. The van der Waals surface area contributed by atoms with Gasteiger partial charge in [0.1, 0.15) is 0 Å². The smallest absolute Gasteiger partial charge is 0.241 e. The first-order valence-corrected chi connectivity index (χ1v) is 4.48. The summed E-state index contributed by atoms with van der Waals surface area (Å²) in [6.45, 7) is 2.70. The van der Waals surface area contributed by atoms with Crippen LogP contribution in [-0.4, -0.2) is 17.6 Å². The Balaban J connectivity index is 2.07. The summed E-state index contributed by atoms with van der Waals surface area (Å²) < 4.78 is 0. The lowest BCUT2D eigenvalue weighted by Crippen LogP contribution is -2.47. The van der Waals surface area contributed by atoms with Crippen LogP contribution in [0.1, 0.15) is 19.8 Å². The average Bonchev–Trinajstić information content (AvgIpc) is 2.83. The molecule has 0 atom stereocenters. The molecule has 12 heavy (non-hydrogen) atoms. The zero-order valence-electron chi connectivity index (χ0n) is 7.02. The van der Waals surface area contributed by atoms with Gasteiger partial charge >= 0.3 is 0 Å². The van der Waals surface area contributed by atoms with Crippen molar-refractivity contribution in [3.05, 3.63) is 0 Å². The fourth-order valence-electron chi connectivity index (χ4n) is 0.771. The molecule has 0 spiro atoms. The first-order chi connectivity index (χ1) is 5.74. The minimum atomic E-state index is 0.0373. The summed E-state index contributed by atoms with van der Waals surface area (Å²) in [5, 5.41) is 3.33. The Labute approximate surface area is 77.1 Å². The summed E-state index contributed by atoms with van der Waals surface area (Å²) in [6, 6.07) is 0. The number of carbonyl (C=O) groups is 1. The van der Waals surface area contributed by atoms with Crippen LogP contribution in [0, 0.1) is 5.92 Å². The zero-order chi connectivity index (χ0) is 8.97. The van der Waals surface area contributed by atoms with Crippen molar-refractivity contribution in [3.63, 3.8) is 0 Å². The number of amides is 1. The van der Waals surface area contributed by atoms with E-state index in [4.69, 9.17) is 12.2 Å². The van der Waals surface area contributed by atoms with Crippen LogP contribution < -0.4 is 16.2 Å². The molecule has 1 aliphatic rings. The molecule has 0 aromatic carbocycles. The molecule has 0 aromatic rings. The van der Waals surface area contributed by atoms with Crippen LogP contribution in [-0.2, 0) is 4.79 Å². The van der Waals surface area contributed by atoms with Crippen LogP contribution in [0.2, 0.25) is 0 Å². The molecule has 1 rings (SSSR count). The molecule has 5 heteroatoms. The molecule has 0 unspecified atom stereocenters. The van der Waals surface area contributed by atoms with Crippen molar-refractivity contribution in [1.29, 1.82) is 0 Å². The van der Waals surface area contributed by atoms with Gasteiger partial charge in [0.25, 0.3) is 0 Å². The van der Waals surface area contributed by atoms with E-state index in [0.29, 0.717) is 5.11 Å². The van der Waals surface area contributed by atoms with Gasteiger partial charge in [0, 0.05) is 12.5 Å². The zero-order valence-corrected chi connectivity index (χ0v) is 7.83. The molecule has 68 valence electrons. The lowest BCUT2D eigenvalue weighted by atomic mass is 10.4. The number of carbonyl (C=O) groups excluding carboxylic acids is 1. The Morgan fingerprint density at radius 3 is 2.67 bits per heavy atom. The van der Waals surface area contributed by atoms with E-state index >= 15 is 0 Å². The highest BCUT2D eigenvalue weighted by molar-refractivity contribution is 7.80. The fraction of sp³-hybridized carbons (Fsp3) is 0.714. The van der Waals surface area contributed by atoms with E-state index in [1.54, 1.807) is 0 Å². The number of hydrazine groups is 1. The van der Waals surface area contributed by atoms with Gasteiger partial charge in [0.05, 0.1) is 0 Å². The first kappa shape index (κ1) is 9.25. The van der Waals surface area contributed by atoms with Crippen LogP contribution in [0.5, 0.6) is 0 Å². The van der Waals surface area contributed by atoms with Gasteiger partial charge in [-0.1, -0.05) is 0 Å². The van der Waals surface area contributed by atoms with Crippen molar-refractivity contribution in [3.8, 4) is 0 Å². The van der Waals surface area contributed by atoms with Crippen molar-refractivity contribution in [2.75, 3.05) is 6.54 Å². The SMILES string of the molecule is CCNC(=S)NNC(=O)C1CC1. The maximum absolute atomic E-state index is 11.1. The van der Waals surface area contributed by atoms with Gasteiger partial charge in [-0.05, 0) is 32.0 Å². The third kappa shape index (κ3) is 3.04. The second kappa shape index (κ2) is 4.25. The topological polar surface area (TPSA) is 53.2 Å². The van der Waals surface area contributed by atoms with Crippen molar-refractivity contribution in [1.82, 2.24) is 16.2 Å². The van der Waals surface area contributed by atoms with E-state index in [9.17, 15) is 4.79 Å². The van der Waals surface area contributed by atoms with Gasteiger partial charge in [-0.2, -0.15) is 0 Å². The molecule has 1 fully saturated rings. The van der Waals surface area contributed by atoms with Crippen LogP contribution in [0.25, 0.3) is 0 Å². The predicted octanol–water partition coefficient (Wildman–Crippen LogP) is -0.0884. The second-order valence-electron chi connectivity index (χ2n) is 2.75. The van der Waals surface area contributed by atoms with Gasteiger partial charge in [-0.25, -0.2) is 0 Å². The van der Waals surface area contributed by atoms with Crippen molar-refractivity contribution in [2.45, 2.75) is 19.8 Å². The molecule has 0 aromatic heterocycles. The predicted molar refractivity (Wildman–Crippen MR) is 50.3 cm³/mol. The minimum absolute atomic E-state index is 0.0373. The number of thiocarbonyl (C=S) groups is 1. The van der Waals surface area contributed by atoms with Gasteiger partial charge in [-0.3, -0.25) is 15.6 Å². The van der Waals surface area contributed by atoms with Gasteiger partial charge < -0.3 is 5.32 Å². The number of rotatable bonds is 2. The lowest BCUT2D eigenvalue weighted by molar-refractivity contribution is -0.122. The highest BCUT2D eigenvalue weighted by Gasteiger charge is 2.29. The molecule has 0 saturated heterocycles. The molecular formula is C7H13N3OS. The summed E-state index contributed by atoms with van der Waals surface area (Å²) in [7, 11) is 0. The summed E-state index contributed by atoms with van der Waals surface area (Å²) >= 11 is 4.84. The van der Waals surface area contributed by atoms with Crippen molar-refractivity contribution < 1.29 is 4.79 Å². The van der Waals surface area contributed by atoms with E-state index in [-0.39, 0.29) is 11.8 Å². The molecule has 0 radical (unpaired) electrons. The van der Waals surface area contributed by atoms with Crippen molar-refractivity contribution in [2.24, 2.45) is 5.92 Å². The Kier molecular flexibility index (Phi) is 3.28. The molecule has 1 aliphatic carbocycles. The van der Waals surface area contributed by atoms with E-state index in [1.807, 2.05) is 6.92 Å². The normalized spacial score (nSPS) is 15.1. The third-order valence-electron chi connectivity index (χ3n) is 1.58.